The Bertz CT molecular complexity index is 765. The first kappa shape index (κ1) is 15.4. The fourth-order valence-electron chi connectivity index (χ4n) is 2.79. The van der Waals surface area contributed by atoms with Gasteiger partial charge in [-0.15, -0.1) is 11.3 Å². The van der Waals surface area contributed by atoms with Gasteiger partial charge >= 0.3 is 0 Å². The number of hydrogen-bond acceptors (Lipinski definition) is 7. The summed E-state index contributed by atoms with van der Waals surface area (Å²) in [6.45, 7) is 4.78. The lowest BCUT2D eigenvalue weighted by Crippen LogP contribution is -2.47. The van der Waals surface area contributed by atoms with Crippen LogP contribution < -0.4 is 10.2 Å². The first-order valence-corrected chi connectivity index (χ1v) is 8.09. The molecule has 118 valence electrons. The van der Waals surface area contributed by atoms with Crippen molar-refractivity contribution in [1.29, 1.82) is 5.26 Å². The van der Waals surface area contributed by atoms with Crippen LogP contribution in [0.2, 0.25) is 0 Å². The zero-order valence-corrected chi connectivity index (χ0v) is 13.7. The van der Waals surface area contributed by atoms with Gasteiger partial charge in [0.05, 0.1) is 12.4 Å². The molecule has 0 bridgehead atoms. The van der Waals surface area contributed by atoms with E-state index in [0.29, 0.717) is 12.4 Å². The van der Waals surface area contributed by atoms with E-state index in [2.05, 4.69) is 25.2 Å². The molecule has 0 aliphatic carbocycles. The molecule has 8 heteroatoms. The third kappa shape index (κ3) is 3.00. The normalized spacial score (nSPS) is 20.3. The molecule has 0 radical (unpaired) electrons. The summed E-state index contributed by atoms with van der Waals surface area (Å²) in [6, 6.07) is 1.96. The predicted molar refractivity (Wildman–Crippen MR) is 85.9 cm³/mol. The van der Waals surface area contributed by atoms with E-state index in [9.17, 15) is 4.79 Å². The molecule has 1 atom stereocenters. The van der Waals surface area contributed by atoms with E-state index in [1.54, 1.807) is 17.5 Å². The number of nitrogens with zero attached hydrogens (tertiary/aromatic N) is 5. The van der Waals surface area contributed by atoms with Gasteiger partial charge in [-0.25, -0.2) is 15.0 Å². The van der Waals surface area contributed by atoms with Gasteiger partial charge in [0.2, 0.25) is 5.91 Å². The van der Waals surface area contributed by atoms with E-state index in [1.165, 1.54) is 13.1 Å². The number of nitrogens with one attached hydrogen (secondary N) is 1. The van der Waals surface area contributed by atoms with Gasteiger partial charge in [0.25, 0.3) is 0 Å². The summed E-state index contributed by atoms with van der Waals surface area (Å²) < 4.78 is 0. The smallest absolute Gasteiger partial charge is 0.217 e. The molecule has 0 spiro atoms. The van der Waals surface area contributed by atoms with Gasteiger partial charge in [-0.3, -0.25) is 4.79 Å². The Balaban J connectivity index is 1.88. The van der Waals surface area contributed by atoms with Crippen molar-refractivity contribution in [3.8, 4) is 6.07 Å². The number of thiazole rings is 1. The second kappa shape index (κ2) is 5.93. The van der Waals surface area contributed by atoms with Crippen LogP contribution in [0.1, 0.15) is 29.7 Å². The Morgan fingerprint density at radius 1 is 1.48 bits per heavy atom. The maximum atomic E-state index is 11.7. The van der Waals surface area contributed by atoms with E-state index in [4.69, 9.17) is 5.26 Å². The molecule has 1 fully saturated rings. The minimum Gasteiger partial charge on any atom is -0.352 e. The minimum absolute atomic E-state index is 0.0781. The van der Waals surface area contributed by atoms with E-state index in [-0.39, 0.29) is 11.6 Å². The summed E-state index contributed by atoms with van der Waals surface area (Å²) >= 11 is 1.56. The van der Waals surface area contributed by atoms with E-state index in [1.807, 2.05) is 18.4 Å². The molecule has 0 aromatic carbocycles. The molecule has 3 rings (SSSR count). The molecule has 1 amide bonds. The van der Waals surface area contributed by atoms with Crippen molar-refractivity contribution < 1.29 is 4.79 Å². The third-order valence-corrected chi connectivity index (χ3v) is 4.95. The van der Waals surface area contributed by atoms with Gasteiger partial charge in [0, 0.05) is 31.1 Å². The van der Waals surface area contributed by atoms with Crippen LogP contribution in [-0.2, 0) is 10.3 Å². The largest absolute Gasteiger partial charge is 0.352 e. The number of carbonyl (C=O) groups excluding carboxylic acids is 1. The standard InChI is InChI=1S/C15H16N6OS/c1-10-8-23-14(19-10)15(20-11(2)22)3-4-21(9-15)13-7-17-12(5-16)6-18-13/h6-8H,3-4,9H2,1-2H3,(H,20,22). The highest BCUT2D eigenvalue weighted by atomic mass is 32.1. The minimum atomic E-state index is -0.500. The van der Waals surface area contributed by atoms with Crippen LogP contribution in [0.25, 0.3) is 0 Å². The third-order valence-electron chi connectivity index (χ3n) is 3.79. The van der Waals surface area contributed by atoms with E-state index >= 15 is 0 Å². The number of aromatic nitrogens is 3. The van der Waals surface area contributed by atoms with Gasteiger partial charge < -0.3 is 10.2 Å². The number of aryl methyl sites for hydroxylation is 1. The highest BCUT2D eigenvalue weighted by molar-refractivity contribution is 7.09. The lowest BCUT2D eigenvalue weighted by molar-refractivity contribution is -0.120. The van der Waals surface area contributed by atoms with Gasteiger partial charge in [0.1, 0.15) is 22.4 Å². The fraction of sp³-hybridized carbons (Fsp3) is 0.400. The zero-order valence-electron chi connectivity index (χ0n) is 12.9. The quantitative estimate of drug-likeness (QED) is 0.914. The summed E-state index contributed by atoms with van der Waals surface area (Å²) in [5, 5.41) is 14.8. The molecule has 3 heterocycles. The summed E-state index contributed by atoms with van der Waals surface area (Å²) in [4.78, 5) is 26.7. The number of anilines is 1. The molecular weight excluding hydrogens is 312 g/mol. The van der Waals surface area contributed by atoms with Crippen LogP contribution >= 0.6 is 11.3 Å². The number of rotatable bonds is 3. The highest BCUT2D eigenvalue weighted by Gasteiger charge is 2.43. The molecule has 1 unspecified atom stereocenters. The molecule has 1 aliphatic rings. The topological polar surface area (TPSA) is 94.8 Å². The number of carbonyl (C=O) groups is 1. The van der Waals surface area contributed by atoms with Crippen molar-refractivity contribution in [2.75, 3.05) is 18.0 Å². The molecule has 1 N–H and O–H groups in total. The Labute approximate surface area is 138 Å². The fourth-order valence-corrected chi connectivity index (χ4v) is 3.76. The van der Waals surface area contributed by atoms with Crippen LogP contribution in [0.5, 0.6) is 0 Å². The Kier molecular flexibility index (Phi) is 3.96. The second-order valence-corrected chi connectivity index (χ2v) is 6.46. The van der Waals surface area contributed by atoms with Crippen LogP contribution in [0.3, 0.4) is 0 Å². The van der Waals surface area contributed by atoms with Gasteiger partial charge in [-0.2, -0.15) is 5.26 Å². The number of hydrogen-bond donors (Lipinski definition) is 1. The van der Waals surface area contributed by atoms with Crippen LogP contribution in [0.15, 0.2) is 17.8 Å². The predicted octanol–water partition coefficient (Wildman–Crippen LogP) is 1.35. The summed E-state index contributed by atoms with van der Waals surface area (Å²) in [5.74, 6) is 0.620. The second-order valence-electron chi connectivity index (χ2n) is 5.60. The monoisotopic (exact) mass is 328 g/mol. The summed E-state index contributed by atoms with van der Waals surface area (Å²) in [6.07, 6.45) is 3.80. The molecule has 2 aromatic heterocycles. The molecule has 1 saturated heterocycles. The summed E-state index contributed by atoms with van der Waals surface area (Å²) in [7, 11) is 0. The van der Waals surface area contributed by atoms with E-state index in [0.717, 1.165) is 23.7 Å². The molecule has 7 nitrogen and oxygen atoms in total. The van der Waals surface area contributed by atoms with Crippen molar-refractivity contribution in [2.45, 2.75) is 25.8 Å². The van der Waals surface area contributed by atoms with Crippen molar-refractivity contribution in [3.63, 3.8) is 0 Å². The van der Waals surface area contributed by atoms with Gasteiger partial charge in [0.15, 0.2) is 5.69 Å². The molecule has 0 saturated carbocycles. The maximum absolute atomic E-state index is 11.7. The molecule has 2 aromatic rings. The molecule has 23 heavy (non-hydrogen) atoms. The lowest BCUT2D eigenvalue weighted by atomic mass is 9.99. The average Bonchev–Trinajstić information content (AvgIpc) is 3.14. The van der Waals surface area contributed by atoms with Gasteiger partial charge in [-0.05, 0) is 13.3 Å². The van der Waals surface area contributed by atoms with Crippen LogP contribution in [0, 0.1) is 18.3 Å². The maximum Gasteiger partial charge on any atom is 0.217 e. The van der Waals surface area contributed by atoms with Crippen molar-refractivity contribution in [3.05, 3.63) is 34.2 Å². The van der Waals surface area contributed by atoms with Crippen molar-refractivity contribution in [1.82, 2.24) is 20.3 Å². The van der Waals surface area contributed by atoms with Crippen molar-refractivity contribution in [2.24, 2.45) is 0 Å². The Morgan fingerprint density at radius 2 is 2.30 bits per heavy atom. The molecule has 1 aliphatic heterocycles. The summed E-state index contributed by atoms with van der Waals surface area (Å²) in [5.41, 5.74) is 0.739. The van der Waals surface area contributed by atoms with E-state index < -0.39 is 5.54 Å². The number of amides is 1. The van der Waals surface area contributed by atoms with Gasteiger partial charge in [-0.1, -0.05) is 0 Å². The van der Waals surface area contributed by atoms with Crippen LogP contribution in [0.4, 0.5) is 5.82 Å². The number of nitriles is 1. The first-order chi connectivity index (χ1) is 11.0. The average molecular weight is 328 g/mol. The highest BCUT2D eigenvalue weighted by Crippen LogP contribution is 2.35. The molecular formula is C15H16N6OS. The van der Waals surface area contributed by atoms with Crippen molar-refractivity contribution >= 4 is 23.1 Å². The zero-order chi connectivity index (χ0) is 16.4. The lowest BCUT2D eigenvalue weighted by Gasteiger charge is -2.28. The SMILES string of the molecule is CC(=O)NC1(c2nc(C)cs2)CCN(c2cnc(C#N)cn2)C1. The first-order valence-electron chi connectivity index (χ1n) is 7.21. The van der Waals surface area contributed by atoms with Crippen LogP contribution in [-0.4, -0.2) is 33.9 Å². The Hall–Kier alpha value is -2.53. The Morgan fingerprint density at radius 3 is 2.87 bits per heavy atom.